The van der Waals surface area contributed by atoms with Gasteiger partial charge in [0.2, 0.25) is 5.91 Å². The molecular weight excluding hydrogens is 423 g/mol. The number of guanidine groups is 1. The van der Waals surface area contributed by atoms with Gasteiger partial charge in [-0.05, 0) is 25.5 Å². The minimum atomic E-state index is 0. The predicted octanol–water partition coefficient (Wildman–Crippen LogP) is 1.84. The van der Waals surface area contributed by atoms with Gasteiger partial charge < -0.3 is 24.7 Å². The van der Waals surface area contributed by atoms with E-state index in [1.165, 1.54) is 0 Å². The maximum absolute atomic E-state index is 11.5. The molecule has 0 atom stereocenters. The molecule has 0 aliphatic carbocycles. The zero-order valence-corrected chi connectivity index (χ0v) is 17.0. The molecule has 0 saturated carbocycles. The summed E-state index contributed by atoms with van der Waals surface area (Å²) >= 11 is 0. The molecule has 0 bridgehead atoms. The van der Waals surface area contributed by atoms with Crippen LogP contribution >= 0.6 is 24.0 Å². The number of carbonyl (C=O) groups is 1. The molecule has 24 heavy (non-hydrogen) atoms. The molecule has 0 unspecified atom stereocenters. The lowest BCUT2D eigenvalue weighted by atomic mass is 10.4. The van der Waals surface area contributed by atoms with Gasteiger partial charge in [-0.3, -0.25) is 9.79 Å². The van der Waals surface area contributed by atoms with Gasteiger partial charge in [0.25, 0.3) is 0 Å². The van der Waals surface area contributed by atoms with Gasteiger partial charge in [-0.2, -0.15) is 0 Å². The minimum absolute atomic E-state index is 0. The number of rotatable bonds is 10. The summed E-state index contributed by atoms with van der Waals surface area (Å²) in [6, 6.07) is 3.73. The van der Waals surface area contributed by atoms with E-state index < -0.39 is 0 Å². The molecule has 0 aliphatic rings. The van der Waals surface area contributed by atoms with Crippen LogP contribution in [-0.4, -0.2) is 57.1 Å². The summed E-state index contributed by atoms with van der Waals surface area (Å²) in [5.74, 6) is 1.65. The maximum atomic E-state index is 11.5. The second-order valence-corrected chi connectivity index (χ2v) is 5.21. The number of aliphatic imine (C=N–C) groups is 1. The third-order valence-electron chi connectivity index (χ3n) is 3.02. The van der Waals surface area contributed by atoms with E-state index in [0.29, 0.717) is 32.7 Å². The summed E-state index contributed by atoms with van der Waals surface area (Å²) in [6.45, 7) is 5.13. The van der Waals surface area contributed by atoms with Gasteiger partial charge in [-0.1, -0.05) is 0 Å². The fourth-order valence-electron chi connectivity index (χ4n) is 1.78. The molecule has 1 aromatic rings. The topological polar surface area (TPSA) is 79.1 Å². The summed E-state index contributed by atoms with van der Waals surface area (Å²) in [5, 5.41) is 6.31. The van der Waals surface area contributed by atoms with Crippen LogP contribution in [0, 0.1) is 0 Å². The Hall–Kier alpha value is -1.29. The van der Waals surface area contributed by atoms with Crippen molar-refractivity contribution < 1.29 is 13.9 Å². The highest BCUT2D eigenvalue weighted by Gasteiger charge is 2.04. The number of nitrogens with zero attached hydrogens (tertiary/aromatic N) is 2. The minimum Gasteiger partial charge on any atom is -0.467 e. The second kappa shape index (κ2) is 14.1. The first-order chi connectivity index (χ1) is 11.1. The van der Waals surface area contributed by atoms with Crippen LogP contribution in [0.2, 0.25) is 0 Å². The predicted molar refractivity (Wildman–Crippen MR) is 106 cm³/mol. The van der Waals surface area contributed by atoms with Crippen LogP contribution in [0.25, 0.3) is 0 Å². The first kappa shape index (κ1) is 22.7. The molecule has 7 nitrogen and oxygen atoms in total. The van der Waals surface area contributed by atoms with Crippen molar-refractivity contribution >= 4 is 35.8 Å². The van der Waals surface area contributed by atoms with Crippen molar-refractivity contribution in [2.45, 2.75) is 26.4 Å². The molecule has 1 aromatic heterocycles. The summed E-state index contributed by atoms with van der Waals surface area (Å²) in [4.78, 5) is 17.6. The first-order valence-electron chi connectivity index (χ1n) is 7.96. The van der Waals surface area contributed by atoms with Gasteiger partial charge >= 0.3 is 0 Å². The van der Waals surface area contributed by atoms with Crippen molar-refractivity contribution in [2.24, 2.45) is 4.99 Å². The lowest BCUT2D eigenvalue weighted by molar-refractivity contribution is -0.128. The van der Waals surface area contributed by atoms with Crippen molar-refractivity contribution in [3.8, 4) is 0 Å². The Morgan fingerprint density at radius 1 is 1.38 bits per heavy atom. The highest BCUT2D eigenvalue weighted by Crippen LogP contribution is 2.01. The third kappa shape index (κ3) is 10.5. The van der Waals surface area contributed by atoms with Crippen LogP contribution in [0.15, 0.2) is 27.8 Å². The largest absolute Gasteiger partial charge is 0.467 e. The monoisotopic (exact) mass is 452 g/mol. The average molecular weight is 452 g/mol. The Bertz CT molecular complexity index is 464. The van der Waals surface area contributed by atoms with E-state index in [4.69, 9.17) is 9.15 Å². The van der Waals surface area contributed by atoms with Crippen LogP contribution in [0.4, 0.5) is 0 Å². The highest BCUT2D eigenvalue weighted by atomic mass is 127. The number of hydrogen-bond acceptors (Lipinski definition) is 4. The third-order valence-corrected chi connectivity index (χ3v) is 3.02. The molecule has 0 aliphatic heterocycles. The van der Waals surface area contributed by atoms with E-state index in [1.807, 2.05) is 19.1 Å². The maximum Gasteiger partial charge on any atom is 0.223 e. The quantitative estimate of drug-likeness (QED) is 0.245. The zero-order valence-electron chi connectivity index (χ0n) is 14.7. The van der Waals surface area contributed by atoms with Crippen LogP contribution in [0.1, 0.15) is 25.5 Å². The van der Waals surface area contributed by atoms with E-state index in [0.717, 1.165) is 24.7 Å². The van der Waals surface area contributed by atoms with Crippen LogP contribution in [0.3, 0.4) is 0 Å². The van der Waals surface area contributed by atoms with Crippen molar-refractivity contribution in [3.05, 3.63) is 24.2 Å². The average Bonchev–Trinajstić information content (AvgIpc) is 3.03. The van der Waals surface area contributed by atoms with E-state index in [1.54, 1.807) is 25.3 Å². The van der Waals surface area contributed by atoms with E-state index in [2.05, 4.69) is 15.6 Å². The zero-order chi connectivity index (χ0) is 16.9. The fourth-order valence-corrected chi connectivity index (χ4v) is 1.78. The lowest BCUT2D eigenvalue weighted by Crippen LogP contribution is -2.39. The molecular formula is C16H29IN4O3. The lowest BCUT2D eigenvalue weighted by Gasteiger charge is -2.13. The molecule has 0 spiro atoms. The van der Waals surface area contributed by atoms with Gasteiger partial charge in [0, 0.05) is 46.8 Å². The Morgan fingerprint density at radius 2 is 2.17 bits per heavy atom. The van der Waals surface area contributed by atoms with Gasteiger partial charge in [0.1, 0.15) is 12.4 Å². The molecule has 1 amide bonds. The number of ether oxygens (including phenoxy) is 1. The van der Waals surface area contributed by atoms with E-state index in [-0.39, 0.29) is 29.9 Å². The first-order valence-corrected chi connectivity index (χ1v) is 7.96. The van der Waals surface area contributed by atoms with Crippen LogP contribution in [-0.2, 0) is 16.1 Å². The van der Waals surface area contributed by atoms with Crippen LogP contribution in [0.5, 0.6) is 0 Å². The Balaban J connectivity index is 0.00000529. The molecule has 0 fully saturated rings. The van der Waals surface area contributed by atoms with E-state index in [9.17, 15) is 4.79 Å². The number of amides is 1. The Labute approximate surface area is 161 Å². The number of nitrogens with one attached hydrogen (secondary N) is 2. The van der Waals surface area contributed by atoms with Gasteiger partial charge in [-0.25, -0.2) is 0 Å². The Morgan fingerprint density at radius 3 is 2.79 bits per heavy atom. The van der Waals surface area contributed by atoms with Gasteiger partial charge in [0.15, 0.2) is 5.96 Å². The van der Waals surface area contributed by atoms with Crippen molar-refractivity contribution in [1.82, 2.24) is 15.5 Å². The normalized spacial score (nSPS) is 10.9. The Kier molecular flexibility index (Phi) is 13.3. The summed E-state index contributed by atoms with van der Waals surface area (Å²) in [7, 11) is 3.51. The molecule has 0 radical (unpaired) electrons. The van der Waals surface area contributed by atoms with Gasteiger partial charge in [-0.15, -0.1) is 24.0 Å². The molecule has 0 saturated heterocycles. The second-order valence-electron chi connectivity index (χ2n) is 5.21. The molecule has 1 rings (SSSR count). The SMILES string of the molecule is CCNC(=NCCCOCc1ccco1)NCCC(=O)N(C)C.I. The fraction of sp³-hybridized carbons (Fsp3) is 0.625. The van der Waals surface area contributed by atoms with Gasteiger partial charge in [0.05, 0.1) is 6.26 Å². The molecule has 8 heteroatoms. The standard InChI is InChI=1S/C16H28N4O3.HI/c1-4-17-16(19-10-8-15(21)20(2)3)18-9-6-11-22-13-14-7-5-12-23-14;/h5,7,12H,4,6,8-11,13H2,1-3H3,(H2,17,18,19);1H. The van der Waals surface area contributed by atoms with Crippen molar-refractivity contribution in [3.63, 3.8) is 0 Å². The van der Waals surface area contributed by atoms with Crippen molar-refractivity contribution in [2.75, 3.05) is 40.3 Å². The summed E-state index contributed by atoms with van der Waals surface area (Å²) in [6.07, 6.45) is 2.91. The molecule has 138 valence electrons. The van der Waals surface area contributed by atoms with Crippen molar-refractivity contribution in [1.29, 1.82) is 0 Å². The number of carbonyl (C=O) groups excluding carboxylic acids is 1. The van der Waals surface area contributed by atoms with Crippen LogP contribution < -0.4 is 10.6 Å². The summed E-state index contributed by atoms with van der Waals surface area (Å²) in [5.41, 5.74) is 0. The number of furan rings is 1. The highest BCUT2D eigenvalue weighted by molar-refractivity contribution is 14.0. The number of halogens is 1. The molecule has 0 aromatic carbocycles. The molecule has 1 heterocycles. The number of hydrogen-bond donors (Lipinski definition) is 2. The van der Waals surface area contributed by atoms with E-state index >= 15 is 0 Å². The smallest absolute Gasteiger partial charge is 0.223 e. The molecule has 2 N–H and O–H groups in total. The summed E-state index contributed by atoms with van der Waals surface area (Å²) < 4.78 is 10.7.